The van der Waals surface area contributed by atoms with Gasteiger partial charge in [-0.15, -0.1) is 0 Å². The molecule has 0 aliphatic rings. The number of esters is 1. The lowest BCUT2D eigenvalue weighted by Crippen LogP contribution is -2.26. The van der Waals surface area contributed by atoms with Crippen molar-refractivity contribution in [1.29, 1.82) is 0 Å². The molecule has 0 heterocycles. The van der Waals surface area contributed by atoms with Crippen LogP contribution in [0.3, 0.4) is 0 Å². The zero-order valence-corrected chi connectivity index (χ0v) is 10.9. The van der Waals surface area contributed by atoms with E-state index in [2.05, 4.69) is 0 Å². The van der Waals surface area contributed by atoms with Gasteiger partial charge in [0.2, 0.25) is 0 Å². The summed E-state index contributed by atoms with van der Waals surface area (Å²) in [6.45, 7) is 3.95. The van der Waals surface area contributed by atoms with Crippen LogP contribution in [0.4, 0.5) is 0 Å². The highest BCUT2D eigenvalue weighted by molar-refractivity contribution is 5.74. The zero-order chi connectivity index (χ0) is 13.4. The fourth-order valence-corrected chi connectivity index (χ4v) is 1.57. The Bertz CT molecular complexity index is 376. The van der Waals surface area contributed by atoms with Crippen molar-refractivity contribution in [3.05, 3.63) is 29.8 Å². The van der Waals surface area contributed by atoms with E-state index in [9.17, 15) is 4.79 Å². The highest BCUT2D eigenvalue weighted by Crippen LogP contribution is 2.16. The molecule has 0 amide bonds. The largest absolute Gasteiger partial charge is 0.479 e. The van der Waals surface area contributed by atoms with E-state index in [1.807, 2.05) is 18.2 Å². The van der Waals surface area contributed by atoms with Gasteiger partial charge in [-0.25, -0.2) is 4.79 Å². The Hall–Kier alpha value is -1.55. The van der Waals surface area contributed by atoms with Crippen molar-refractivity contribution in [3.63, 3.8) is 0 Å². The number of rotatable bonds is 7. The van der Waals surface area contributed by atoms with Gasteiger partial charge in [0.1, 0.15) is 5.75 Å². The Morgan fingerprint density at radius 3 is 2.89 bits per heavy atom. The summed E-state index contributed by atoms with van der Waals surface area (Å²) in [5.74, 6) is 0.282. The molecule has 1 unspecified atom stereocenters. The topological polar surface area (TPSA) is 55.8 Å². The molecule has 0 saturated carbocycles. The molecule has 0 saturated heterocycles. The third-order valence-electron chi connectivity index (χ3n) is 2.45. The van der Waals surface area contributed by atoms with Gasteiger partial charge in [0.15, 0.2) is 6.10 Å². The summed E-state index contributed by atoms with van der Waals surface area (Å²) >= 11 is 0. The van der Waals surface area contributed by atoms with Gasteiger partial charge < -0.3 is 14.6 Å². The van der Waals surface area contributed by atoms with Crippen molar-refractivity contribution in [3.8, 4) is 5.75 Å². The Morgan fingerprint density at radius 1 is 1.44 bits per heavy atom. The van der Waals surface area contributed by atoms with Gasteiger partial charge in [0.25, 0.3) is 0 Å². The number of carbonyl (C=O) groups is 1. The first-order valence-electron chi connectivity index (χ1n) is 6.20. The van der Waals surface area contributed by atoms with Gasteiger partial charge in [0, 0.05) is 6.61 Å². The second-order valence-electron chi connectivity index (χ2n) is 3.99. The Kier molecular flexibility index (Phi) is 6.22. The Labute approximate surface area is 108 Å². The fourth-order valence-electron chi connectivity index (χ4n) is 1.57. The molecule has 0 aliphatic carbocycles. The molecule has 0 aromatic heterocycles. The van der Waals surface area contributed by atoms with Crippen molar-refractivity contribution in [2.24, 2.45) is 0 Å². The van der Waals surface area contributed by atoms with Crippen molar-refractivity contribution in [1.82, 2.24) is 0 Å². The monoisotopic (exact) mass is 252 g/mol. The van der Waals surface area contributed by atoms with Crippen LogP contribution in [-0.2, 0) is 16.0 Å². The molecule has 0 radical (unpaired) electrons. The van der Waals surface area contributed by atoms with E-state index >= 15 is 0 Å². The van der Waals surface area contributed by atoms with Crippen LogP contribution < -0.4 is 4.74 Å². The average molecular weight is 252 g/mol. The molecule has 1 aromatic carbocycles. The molecule has 0 fully saturated rings. The number of hydrogen-bond acceptors (Lipinski definition) is 4. The summed E-state index contributed by atoms with van der Waals surface area (Å²) in [6, 6.07) is 7.53. The molecule has 0 spiro atoms. The van der Waals surface area contributed by atoms with E-state index in [-0.39, 0.29) is 12.6 Å². The Balaban J connectivity index is 2.58. The Morgan fingerprint density at radius 2 is 2.22 bits per heavy atom. The minimum absolute atomic E-state index is 0.171. The number of carbonyl (C=O) groups excluding carboxylic acids is 1. The van der Waals surface area contributed by atoms with Crippen molar-refractivity contribution in [2.45, 2.75) is 32.8 Å². The van der Waals surface area contributed by atoms with E-state index in [1.165, 1.54) is 0 Å². The smallest absolute Gasteiger partial charge is 0.347 e. The minimum atomic E-state index is -0.613. The summed E-state index contributed by atoms with van der Waals surface area (Å²) in [6.07, 6.45) is 0.899. The first kappa shape index (κ1) is 14.5. The van der Waals surface area contributed by atoms with Crippen LogP contribution in [0.15, 0.2) is 24.3 Å². The van der Waals surface area contributed by atoms with E-state index in [0.717, 1.165) is 18.4 Å². The number of hydrogen-bond donors (Lipinski definition) is 1. The van der Waals surface area contributed by atoms with Crippen LogP contribution in [0.25, 0.3) is 0 Å². The van der Waals surface area contributed by atoms with E-state index < -0.39 is 6.10 Å². The van der Waals surface area contributed by atoms with Crippen molar-refractivity contribution < 1.29 is 19.4 Å². The third-order valence-corrected chi connectivity index (χ3v) is 2.45. The summed E-state index contributed by atoms with van der Waals surface area (Å²) in [4.78, 5) is 11.4. The highest BCUT2D eigenvalue weighted by Gasteiger charge is 2.15. The lowest BCUT2D eigenvalue weighted by molar-refractivity contribution is -0.150. The molecular weight excluding hydrogens is 232 g/mol. The van der Waals surface area contributed by atoms with Crippen LogP contribution in [0.5, 0.6) is 5.75 Å². The van der Waals surface area contributed by atoms with E-state index in [1.54, 1.807) is 19.9 Å². The van der Waals surface area contributed by atoms with Gasteiger partial charge in [0.05, 0.1) is 6.61 Å². The second-order valence-corrected chi connectivity index (χ2v) is 3.99. The minimum Gasteiger partial charge on any atom is -0.479 e. The first-order valence-corrected chi connectivity index (χ1v) is 6.20. The van der Waals surface area contributed by atoms with Crippen LogP contribution >= 0.6 is 0 Å². The number of benzene rings is 1. The summed E-state index contributed by atoms with van der Waals surface area (Å²) in [5, 5.41) is 8.78. The number of ether oxygens (including phenoxy) is 2. The summed E-state index contributed by atoms with van der Waals surface area (Å²) < 4.78 is 10.4. The normalized spacial score (nSPS) is 11.9. The second kappa shape index (κ2) is 7.71. The van der Waals surface area contributed by atoms with Crippen LogP contribution in [0, 0.1) is 0 Å². The van der Waals surface area contributed by atoms with E-state index in [0.29, 0.717) is 12.4 Å². The number of aryl methyl sites for hydroxylation is 1. The maximum absolute atomic E-state index is 11.4. The predicted molar refractivity (Wildman–Crippen MR) is 68.6 cm³/mol. The molecule has 0 aliphatic heterocycles. The maximum atomic E-state index is 11.4. The fraction of sp³-hybridized carbons (Fsp3) is 0.500. The van der Waals surface area contributed by atoms with Crippen molar-refractivity contribution >= 4 is 5.97 Å². The molecule has 100 valence electrons. The lowest BCUT2D eigenvalue weighted by atomic mass is 10.1. The number of aliphatic hydroxyl groups excluding tert-OH is 1. The molecule has 4 nitrogen and oxygen atoms in total. The van der Waals surface area contributed by atoms with Gasteiger partial charge in [-0.05, 0) is 44.4 Å². The molecule has 18 heavy (non-hydrogen) atoms. The molecule has 1 rings (SSSR count). The number of aliphatic hydroxyl groups is 1. The van der Waals surface area contributed by atoms with Crippen molar-refractivity contribution in [2.75, 3.05) is 13.2 Å². The highest BCUT2D eigenvalue weighted by atomic mass is 16.6. The van der Waals surface area contributed by atoms with E-state index in [4.69, 9.17) is 14.6 Å². The lowest BCUT2D eigenvalue weighted by Gasteiger charge is -2.14. The summed E-state index contributed by atoms with van der Waals surface area (Å²) in [5.41, 5.74) is 1.08. The molecule has 1 aromatic rings. The third kappa shape index (κ3) is 4.75. The first-order chi connectivity index (χ1) is 8.67. The SMILES string of the molecule is CCOC(=O)C(C)Oc1cccc(CCCO)c1. The molecule has 0 bridgehead atoms. The van der Waals surface area contributed by atoms with Gasteiger partial charge in [-0.2, -0.15) is 0 Å². The molecule has 1 N–H and O–H groups in total. The average Bonchev–Trinajstić information content (AvgIpc) is 2.37. The van der Waals surface area contributed by atoms with Gasteiger partial charge in [-0.1, -0.05) is 12.1 Å². The van der Waals surface area contributed by atoms with Crippen LogP contribution in [0.2, 0.25) is 0 Å². The molecular formula is C14H20O4. The zero-order valence-electron chi connectivity index (χ0n) is 10.9. The van der Waals surface area contributed by atoms with Crippen LogP contribution in [-0.4, -0.2) is 30.4 Å². The van der Waals surface area contributed by atoms with Gasteiger partial charge >= 0.3 is 5.97 Å². The van der Waals surface area contributed by atoms with Gasteiger partial charge in [-0.3, -0.25) is 0 Å². The standard InChI is InChI=1S/C14H20O4/c1-3-17-14(16)11(2)18-13-8-4-6-12(10-13)7-5-9-15/h4,6,8,10-11,15H,3,5,7,9H2,1-2H3. The quantitative estimate of drug-likeness (QED) is 0.753. The predicted octanol–water partition coefficient (Wildman–Crippen LogP) is 1.94. The molecule has 1 atom stereocenters. The summed E-state index contributed by atoms with van der Waals surface area (Å²) in [7, 11) is 0. The maximum Gasteiger partial charge on any atom is 0.347 e. The van der Waals surface area contributed by atoms with Crippen LogP contribution in [0.1, 0.15) is 25.8 Å². The molecule has 4 heteroatoms.